The maximum Gasteiger partial charge on any atom is 0.155 e. The minimum absolute atomic E-state index is 0.0522. The molecular weight excluding hydrogens is 342 g/mol. The van der Waals surface area contributed by atoms with Crippen LogP contribution in [0.2, 0.25) is 0 Å². The van der Waals surface area contributed by atoms with Crippen LogP contribution in [-0.4, -0.2) is 57.2 Å². The Balaban J connectivity index is 1.23. The fourth-order valence-corrected chi connectivity index (χ4v) is 3.88. The summed E-state index contributed by atoms with van der Waals surface area (Å²) in [4.78, 5) is 13.7. The Morgan fingerprint density at radius 3 is 2.85 bits per heavy atom. The van der Waals surface area contributed by atoms with Crippen molar-refractivity contribution < 1.29 is 9.84 Å². The number of nitrogens with zero attached hydrogens (tertiary/aromatic N) is 5. The van der Waals surface area contributed by atoms with Crippen LogP contribution in [0, 0.1) is 0 Å². The van der Waals surface area contributed by atoms with Gasteiger partial charge in [-0.15, -0.1) is 0 Å². The predicted octanol–water partition coefficient (Wildman–Crippen LogP) is 1.48. The van der Waals surface area contributed by atoms with Crippen LogP contribution in [0.15, 0.2) is 36.8 Å². The lowest BCUT2D eigenvalue weighted by Crippen LogP contribution is -2.46. The molecule has 2 aliphatic rings. The maximum absolute atomic E-state index is 9.24. The summed E-state index contributed by atoms with van der Waals surface area (Å²) < 4.78 is 7.63. The van der Waals surface area contributed by atoms with E-state index in [1.807, 2.05) is 16.8 Å². The lowest BCUT2D eigenvalue weighted by Gasteiger charge is -2.35. The molecule has 0 spiro atoms. The molecule has 1 N–H and O–H groups in total. The molecule has 1 fully saturated rings. The summed E-state index contributed by atoms with van der Waals surface area (Å²) in [7, 11) is 0. The highest BCUT2D eigenvalue weighted by molar-refractivity contribution is 5.46. The van der Waals surface area contributed by atoms with Gasteiger partial charge in [-0.1, -0.05) is 12.1 Å². The number of hydrogen-bond acceptors (Lipinski definition) is 6. The van der Waals surface area contributed by atoms with Gasteiger partial charge in [-0.05, 0) is 17.2 Å². The molecule has 0 radical (unpaired) electrons. The van der Waals surface area contributed by atoms with Crippen LogP contribution in [0.3, 0.4) is 0 Å². The molecule has 0 atom stereocenters. The first-order valence-corrected chi connectivity index (χ1v) is 9.45. The van der Waals surface area contributed by atoms with E-state index in [0.717, 1.165) is 63.0 Å². The number of fused-ring (bicyclic) bond motifs is 2. The Labute approximate surface area is 157 Å². The third-order valence-electron chi connectivity index (χ3n) is 5.40. The fraction of sp³-hybridized carbons (Fsp3) is 0.400. The van der Waals surface area contributed by atoms with Gasteiger partial charge in [0.1, 0.15) is 11.6 Å². The molecule has 3 aromatic rings. The second kappa shape index (κ2) is 6.83. The first-order chi connectivity index (χ1) is 13.3. The second-order valence-electron chi connectivity index (χ2n) is 7.21. The van der Waals surface area contributed by atoms with Crippen LogP contribution < -0.4 is 9.64 Å². The van der Waals surface area contributed by atoms with Crippen molar-refractivity contribution in [1.29, 1.82) is 0 Å². The van der Waals surface area contributed by atoms with Gasteiger partial charge >= 0.3 is 0 Å². The van der Waals surface area contributed by atoms with E-state index in [2.05, 4.69) is 38.0 Å². The van der Waals surface area contributed by atoms with E-state index in [9.17, 15) is 5.11 Å². The first kappa shape index (κ1) is 16.5. The first-order valence-electron chi connectivity index (χ1n) is 9.45. The molecule has 140 valence electrons. The van der Waals surface area contributed by atoms with Crippen LogP contribution in [0.4, 0.5) is 5.82 Å². The number of hydrogen-bond donors (Lipinski definition) is 1. The molecule has 5 rings (SSSR count). The Hall–Kier alpha value is -2.64. The lowest BCUT2D eigenvalue weighted by atomic mass is 10.1. The number of aliphatic hydroxyl groups excluding tert-OH is 1. The van der Waals surface area contributed by atoms with Crippen molar-refractivity contribution in [3.63, 3.8) is 0 Å². The van der Waals surface area contributed by atoms with Crippen molar-refractivity contribution in [1.82, 2.24) is 19.3 Å². The summed E-state index contributed by atoms with van der Waals surface area (Å²) in [6.45, 7) is 5.61. The van der Waals surface area contributed by atoms with Crippen LogP contribution >= 0.6 is 0 Å². The number of imidazole rings is 1. The van der Waals surface area contributed by atoms with Gasteiger partial charge in [0.2, 0.25) is 0 Å². The molecule has 27 heavy (non-hydrogen) atoms. The Morgan fingerprint density at radius 1 is 1.11 bits per heavy atom. The number of aromatic nitrogens is 3. The standard InChI is InChI=1S/C20H23N5O2/c26-14-17-12-25-13-20(21-10-19(25)22-17)24-6-4-23(5-7-24)11-15-1-2-16-3-8-27-18(16)9-15/h1-2,9-10,12-13,26H,3-8,11,14H2. The highest BCUT2D eigenvalue weighted by Gasteiger charge is 2.20. The summed E-state index contributed by atoms with van der Waals surface area (Å²) in [6.07, 6.45) is 6.65. The number of piperazine rings is 1. The topological polar surface area (TPSA) is 66.1 Å². The summed E-state index contributed by atoms with van der Waals surface area (Å²) in [5, 5.41) is 9.24. The summed E-state index contributed by atoms with van der Waals surface area (Å²) in [5.74, 6) is 2.01. The molecule has 1 aromatic carbocycles. The van der Waals surface area contributed by atoms with Gasteiger partial charge < -0.3 is 19.1 Å². The monoisotopic (exact) mass is 365 g/mol. The number of rotatable bonds is 4. The van der Waals surface area contributed by atoms with Crippen molar-refractivity contribution >= 4 is 11.5 Å². The van der Waals surface area contributed by atoms with E-state index in [0.29, 0.717) is 5.69 Å². The normalized spacial score (nSPS) is 17.3. The Kier molecular flexibility index (Phi) is 4.18. The Bertz CT molecular complexity index is 962. The summed E-state index contributed by atoms with van der Waals surface area (Å²) in [5.41, 5.74) is 4.07. The molecule has 2 aliphatic heterocycles. The fourth-order valence-electron chi connectivity index (χ4n) is 3.88. The van der Waals surface area contributed by atoms with E-state index in [-0.39, 0.29) is 6.61 Å². The van der Waals surface area contributed by atoms with E-state index in [4.69, 9.17) is 4.74 Å². The molecule has 1 saturated heterocycles. The average Bonchev–Trinajstić information content (AvgIpc) is 3.34. The Morgan fingerprint density at radius 2 is 2.00 bits per heavy atom. The summed E-state index contributed by atoms with van der Waals surface area (Å²) >= 11 is 0. The molecule has 0 unspecified atom stereocenters. The minimum atomic E-state index is -0.0522. The van der Waals surface area contributed by atoms with Crippen LogP contribution in [-0.2, 0) is 19.6 Å². The number of aliphatic hydroxyl groups is 1. The summed E-state index contributed by atoms with van der Waals surface area (Å²) in [6, 6.07) is 6.63. The minimum Gasteiger partial charge on any atom is -0.493 e. The van der Waals surface area contributed by atoms with Gasteiger partial charge in [-0.2, -0.15) is 0 Å². The zero-order chi connectivity index (χ0) is 18.2. The largest absolute Gasteiger partial charge is 0.493 e. The zero-order valence-corrected chi connectivity index (χ0v) is 15.2. The predicted molar refractivity (Wildman–Crippen MR) is 102 cm³/mol. The van der Waals surface area contributed by atoms with Gasteiger partial charge in [0.05, 0.1) is 31.3 Å². The molecule has 0 bridgehead atoms. The lowest BCUT2D eigenvalue weighted by molar-refractivity contribution is 0.249. The third kappa shape index (κ3) is 3.24. The van der Waals surface area contributed by atoms with Crippen molar-refractivity contribution in [2.45, 2.75) is 19.6 Å². The van der Waals surface area contributed by atoms with Gasteiger partial charge in [-0.3, -0.25) is 4.90 Å². The molecule has 0 aliphatic carbocycles. The molecular formula is C20H23N5O2. The average molecular weight is 365 g/mol. The van der Waals surface area contributed by atoms with E-state index in [1.165, 1.54) is 11.1 Å². The smallest absolute Gasteiger partial charge is 0.155 e. The van der Waals surface area contributed by atoms with Crippen molar-refractivity contribution in [3.8, 4) is 5.75 Å². The zero-order valence-electron chi connectivity index (χ0n) is 15.2. The van der Waals surface area contributed by atoms with Crippen LogP contribution in [0.5, 0.6) is 5.75 Å². The van der Waals surface area contributed by atoms with E-state index < -0.39 is 0 Å². The molecule has 2 aromatic heterocycles. The molecule has 4 heterocycles. The second-order valence-corrected chi connectivity index (χ2v) is 7.21. The maximum atomic E-state index is 9.24. The van der Waals surface area contributed by atoms with E-state index >= 15 is 0 Å². The van der Waals surface area contributed by atoms with Gasteiger partial charge in [0, 0.05) is 45.3 Å². The van der Waals surface area contributed by atoms with Gasteiger partial charge in [0.25, 0.3) is 0 Å². The quantitative estimate of drug-likeness (QED) is 0.756. The van der Waals surface area contributed by atoms with Crippen LogP contribution in [0.1, 0.15) is 16.8 Å². The highest BCUT2D eigenvalue weighted by atomic mass is 16.5. The molecule has 0 amide bonds. The van der Waals surface area contributed by atoms with Crippen LogP contribution in [0.25, 0.3) is 5.65 Å². The van der Waals surface area contributed by atoms with Crippen molar-refractivity contribution in [2.24, 2.45) is 0 Å². The third-order valence-corrected chi connectivity index (χ3v) is 5.40. The van der Waals surface area contributed by atoms with Gasteiger partial charge in [0.15, 0.2) is 5.65 Å². The number of anilines is 1. The van der Waals surface area contributed by atoms with Crippen molar-refractivity contribution in [2.75, 3.05) is 37.7 Å². The van der Waals surface area contributed by atoms with Crippen molar-refractivity contribution in [3.05, 3.63) is 53.6 Å². The number of ether oxygens (including phenoxy) is 1. The molecule has 7 heteroatoms. The van der Waals surface area contributed by atoms with E-state index in [1.54, 1.807) is 6.20 Å². The highest BCUT2D eigenvalue weighted by Crippen LogP contribution is 2.27. The van der Waals surface area contributed by atoms with Gasteiger partial charge in [-0.25, -0.2) is 9.97 Å². The SMILES string of the molecule is OCc1cn2cc(N3CCN(Cc4ccc5c(c4)OCC5)CC3)ncc2n1. The molecule has 7 nitrogen and oxygen atoms in total. The number of benzene rings is 1. The molecule has 0 saturated carbocycles.